The summed E-state index contributed by atoms with van der Waals surface area (Å²) in [6.45, 7) is 0. The van der Waals surface area contributed by atoms with Crippen molar-refractivity contribution in [3.05, 3.63) is 120 Å². The molecule has 3 nitrogen and oxygen atoms in total. The fourth-order valence-corrected chi connectivity index (χ4v) is 4.66. The van der Waals surface area contributed by atoms with Crippen molar-refractivity contribution in [1.29, 1.82) is 0 Å². The summed E-state index contributed by atoms with van der Waals surface area (Å²) in [5.74, 6) is -0.420. The van der Waals surface area contributed by atoms with Crippen molar-refractivity contribution < 1.29 is 4.79 Å². The number of hydrogen-bond donors (Lipinski definition) is 1. The largest absolute Gasteiger partial charge is 0.325 e. The van der Waals surface area contributed by atoms with Crippen molar-refractivity contribution in [2.24, 2.45) is 0 Å². The third kappa shape index (κ3) is 4.11. The number of fused-ring (bicyclic) bond motifs is 1. The third-order valence-corrected chi connectivity index (χ3v) is 6.31. The maximum absolute atomic E-state index is 13.3. The van der Waals surface area contributed by atoms with Gasteiger partial charge in [-0.3, -0.25) is 4.79 Å². The molecule has 5 rings (SSSR count). The molecule has 1 aromatic heterocycles. The van der Waals surface area contributed by atoms with E-state index in [4.69, 9.17) is 4.98 Å². The second-order valence-electron chi connectivity index (χ2n) is 7.31. The topological polar surface area (TPSA) is 42.0 Å². The van der Waals surface area contributed by atoms with Crippen LogP contribution in [0, 0.1) is 0 Å². The maximum Gasteiger partial charge on any atom is 0.236 e. The Kier molecular flexibility index (Phi) is 5.29. The average molecular weight is 421 g/mol. The van der Waals surface area contributed by atoms with E-state index in [0.29, 0.717) is 0 Å². The molecule has 4 aromatic carbocycles. The minimum absolute atomic E-state index is 0.0508. The minimum atomic E-state index is -0.369. The van der Waals surface area contributed by atoms with Gasteiger partial charge in [-0.05, 0) is 47.5 Å². The SMILES string of the molecule is O=C(Nc1ccc(-c2nc3ccccc3s2)cc1)C(c1ccccc1)c1ccccc1. The van der Waals surface area contributed by atoms with Crippen LogP contribution in [0.4, 0.5) is 5.69 Å². The van der Waals surface area contributed by atoms with E-state index < -0.39 is 0 Å². The number of nitrogens with one attached hydrogen (secondary N) is 1. The molecule has 0 atom stereocenters. The number of nitrogens with zero attached hydrogens (tertiary/aromatic N) is 1. The Morgan fingerprint density at radius 3 is 1.90 bits per heavy atom. The van der Waals surface area contributed by atoms with Gasteiger partial charge in [-0.15, -0.1) is 11.3 Å². The quantitative estimate of drug-likeness (QED) is 0.342. The van der Waals surface area contributed by atoms with Crippen LogP contribution in [-0.2, 0) is 4.79 Å². The van der Waals surface area contributed by atoms with Gasteiger partial charge in [-0.1, -0.05) is 72.8 Å². The molecule has 31 heavy (non-hydrogen) atoms. The molecule has 1 amide bonds. The summed E-state index contributed by atoms with van der Waals surface area (Å²) < 4.78 is 1.17. The first-order valence-corrected chi connectivity index (χ1v) is 11.0. The summed E-state index contributed by atoms with van der Waals surface area (Å²) in [7, 11) is 0. The lowest BCUT2D eigenvalue weighted by Crippen LogP contribution is -2.22. The van der Waals surface area contributed by atoms with E-state index in [1.54, 1.807) is 11.3 Å². The van der Waals surface area contributed by atoms with Gasteiger partial charge in [0.2, 0.25) is 5.91 Å². The summed E-state index contributed by atoms with van der Waals surface area (Å²) in [6, 6.07) is 35.8. The van der Waals surface area contributed by atoms with Crippen LogP contribution in [0.1, 0.15) is 17.0 Å². The lowest BCUT2D eigenvalue weighted by molar-refractivity contribution is -0.116. The van der Waals surface area contributed by atoms with Gasteiger partial charge in [0.15, 0.2) is 0 Å². The number of carbonyl (C=O) groups excluding carboxylic acids is 1. The number of aromatic nitrogens is 1. The Morgan fingerprint density at radius 2 is 1.29 bits per heavy atom. The van der Waals surface area contributed by atoms with Crippen LogP contribution in [0.25, 0.3) is 20.8 Å². The number of carbonyl (C=O) groups is 1. The van der Waals surface area contributed by atoms with Crippen LogP contribution < -0.4 is 5.32 Å². The Morgan fingerprint density at radius 1 is 0.710 bits per heavy atom. The van der Waals surface area contributed by atoms with Gasteiger partial charge >= 0.3 is 0 Å². The molecule has 5 aromatic rings. The molecule has 0 saturated carbocycles. The molecule has 150 valence electrons. The molecule has 0 radical (unpaired) electrons. The predicted molar refractivity (Wildman–Crippen MR) is 128 cm³/mol. The first-order valence-electron chi connectivity index (χ1n) is 10.1. The summed E-state index contributed by atoms with van der Waals surface area (Å²) in [5.41, 5.74) is 4.76. The van der Waals surface area contributed by atoms with Crippen LogP contribution in [0.15, 0.2) is 109 Å². The van der Waals surface area contributed by atoms with Gasteiger partial charge < -0.3 is 5.32 Å². The van der Waals surface area contributed by atoms with Crippen LogP contribution in [0.3, 0.4) is 0 Å². The van der Waals surface area contributed by atoms with Crippen molar-refractivity contribution in [2.45, 2.75) is 5.92 Å². The van der Waals surface area contributed by atoms with E-state index in [2.05, 4.69) is 11.4 Å². The summed E-state index contributed by atoms with van der Waals surface area (Å²) >= 11 is 1.67. The molecule has 0 saturated heterocycles. The molecule has 0 fully saturated rings. The normalized spacial score (nSPS) is 11.0. The molecule has 0 spiro atoms. The maximum atomic E-state index is 13.3. The van der Waals surface area contributed by atoms with E-state index >= 15 is 0 Å². The molecular weight excluding hydrogens is 400 g/mol. The van der Waals surface area contributed by atoms with Gasteiger partial charge in [0.1, 0.15) is 5.01 Å². The van der Waals surface area contributed by atoms with Crippen molar-refractivity contribution in [3.63, 3.8) is 0 Å². The zero-order valence-electron chi connectivity index (χ0n) is 16.7. The molecule has 4 heteroatoms. The van der Waals surface area contributed by atoms with E-state index in [0.717, 1.165) is 32.9 Å². The zero-order chi connectivity index (χ0) is 21.0. The van der Waals surface area contributed by atoms with Crippen LogP contribution in [0.5, 0.6) is 0 Å². The zero-order valence-corrected chi connectivity index (χ0v) is 17.5. The lowest BCUT2D eigenvalue weighted by atomic mass is 9.90. The van der Waals surface area contributed by atoms with Crippen molar-refractivity contribution in [2.75, 3.05) is 5.32 Å². The molecule has 1 N–H and O–H groups in total. The highest BCUT2D eigenvalue weighted by molar-refractivity contribution is 7.21. The standard InChI is InChI=1S/C27H20N2OS/c30-26(25(19-9-3-1-4-10-19)20-11-5-2-6-12-20)28-22-17-15-21(16-18-22)27-29-23-13-7-8-14-24(23)31-27/h1-18,25H,(H,28,30). The summed E-state index contributed by atoms with van der Waals surface area (Å²) in [6.07, 6.45) is 0. The Labute approximate surface area is 185 Å². The van der Waals surface area contributed by atoms with Gasteiger partial charge in [0, 0.05) is 11.3 Å². The minimum Gasteiger partial charge on any atom is -0.325 e. The van der Waals surface area contributed by atoms with Crippen molar-refractivity contribution >= 4 is 33.1 Å². The van der Waals surface area contributed by atoms with Gasteiger partial charge in [0.05, 0.1) is 16.1 Å². The van der Waals surface area contributed by atoms with Gasteiger partial charge in [0.25, 0.3) is 0 Å². The fraction of sp³-hybridized carbons (Fsp3) is 0.0370. The summed E-state index contributed by atoms with van der Waals surface area (Å²) in [4.78, 5) is 18.0. The van der Waals surface area contributed by atoms with Gasteiger partial charge in [-0.2, -0.15) is 0 Å². The van der Waals surface area contributed by atoms with Crippen LogP contribution in [0.2, 0.25) is 0 Å². The second-order valence-corrected chi connectivity index (χ2v) is 8.34. The summed E-state index contributed by atoms with van der Waals surface area (Å²) in [5, 5.41) is 4.07. The van der Waals surface area contributed by atoms with Crippen LogP contribution in [-0.4, -0.2) is 10.9 Å². The number of amides is 1. The molecule has 0 aliphatic rings. The molecule has 0 aliphatic heterocycles. The van der Waals surface area contributed by atoms with E-state index in [-0.39, 0.29) is 11.8 Å². The Bertz CT molecular complexity index is 1240. The lowest BCUT2D eigenvalue weighted by Gasteiger charge is -2.18. The highest BCUT2D eigenvalue weighted by Crippen LogP contribution is 2.31. The molecule has 0 aliphatic carbocycles. The first-order chi connectivity index (χ1) is 15.3. The predicted octanol–water partition coefficient (Wildman–Crippen LogP) is 6.73. The smallest absolute Gasteiger partial charge is 0.236 e. The molecular formula is C27H20N2OS. The van der Waals surface area contributed by atoms with E-state index in [1.165, 1.54) is 4.70 Å². The number of hydrogen-bond acceptors (Lipinski definition) is 3. The highest BCUT2D eigenvalue weighted by atomic mass is 32.1. The second kappa shape index (κ2) is 8.54. The number of thiazole rings is 1. The molecule has 1 heterocycles. The monoisotopic (exact) mass is 420 g/mol. The van der Waals surface area contributed by atoms with Gasteiger partial charge in [-0.25, -0.2) is 4.98 Å². The van der Waals surface area contributed by atoms with Crippen LogP contribution >= 0.6 is 11.3 Å². The number of benzene rings is 4. The number of anilines is 1. The number of rotatable bonds is 5. The van der Waals surface area contributed by atoms with E-state index in [9.17, 15) is 4.79 Å². The molecule has 0 unspecified atom stereocenters. The molecule has 0 bridgehead atoms. The fourth-order valence-electron chi connectivity index (χ4n) is 3.69. The van der Waals surface area contributed by atoms with Crippen molar-refractivity contribution in [3.8, 4) is 10.6 Å². The Balaban J connectivity index is 1.39. The first kappa shape index (κ1) is 19.2. The Hall–Kier alpha value is -3.76. The van der Waals surface area contributed by atoms with E-state index in [1.807, 2.05) is 103 Å². The number of para-hydroxylation sites is 1. The third-order valence-electron chi connectivity index (χ3n) is 5.22. The van der Waals surface area contributed by atoms with Crippen molar-refractivity contribution in [1.82, 2.24) is 4.98 Å². The highest BCUT2D eigenvalue weighted by Gasteiger charge is 2.22. The average Bonchev–Trinajstić information content (AvgIpc) is 3.25.